The minimum Gasteiger partial charge on any atom is -0.490 e. The van der Waals surface area contributed by atoms with Crippen LogP contribution in [0.1, 0.15) is 75.1 Å². The highest BCUT2D eigenvalue weighted by Crippen LogP contribution is 2.33. The molecular weight excluding hydrogens is 566 g/mol. The maximum Gasteiger partial charge on any atom is 0.254 e. The number of ether oxygens (including phenoxy) is 3. The molecule has 1 aromatic carbocycles. The third-order valence-corrected chi connectivity index (χ3v) is 10.7. The highest BCUT2D eigenvalue weighted by atomic mass is 32.2. The summed E-state index contributed by atoms with van der Waals surface area (Å²) in [5.41, 5.74) is 8.33. The molecule has 1 atom stereocenters. The Morgan fingerprint density at radius 3 is 2.19 bits per heavy atom. The minimum absolute atomic E-state index is 0.0541. The zero-order valence-electron chi connectivity index (χ0n) is 25.2. The number of likely N-dealkylation sites (tertiary alicyclic amines) is 1. The Labute approximate surface area is 257 Å². The van der Waals surface area contributed by atoms with E-state index in [0.717, 1.165) is 92.8 Å². The number of hydrogen-bond donors (Lipinski definition) is 1. The zero-order chi connectivity index (χ0) is 29.8. The number of nitrogens with two attached hydrogens (primary N) is 1. The Balaban J connectivity index is 1.05. The molecule has 1 saturated carbocycles. The van der Waals surface area contributed by atoms with E-state index in [1.807, 2.05) is 31.2 Å². The number of nitrogens with zero attached hydrogens (tertiary/aromatic N) is 4. The zero-order valence-corrected chi connectivity index (χ0v) is 26.1. The standard InChI is InChI=1S/C32H45N5O5S/c1-22-14-21-43(39)29(22)30(34-24-10-17-40-18-11-24)35-32(33)36-15-8-28(9-16-36)42-27-6-2-23(3-7-27)31(38)37(25-4-5-25)26-12-19-41-20-13-26/h2-3,6-7,24-26,28H,4-5,8-21H2,1H3,(H2,33,34,35). The van der Waals surface area contributed by atoms with Crippen molar-refractivity contribution in [3.05, 3.63) is 40.3 Å². The second-order valence-electron chi connectivity index (χ2n) is 12.3. The number of benzene rings is 1. The first kappa shape index (κ1) is 30.3. The lowest BCUT2D eigenvalue weighted by atomic mass is 10.0. The van der Waals surface area contributed by atoms with Gasteiger partial charge in [0.15, 0.2) is 11.8 Å². The maximum absolute atomic E-state index is 13.4. The van der Waals surface area contributed by atoms with Gasteiger partial charge in [-0.1, -0.05) is 5.57 Å². The Morgan fingerprint density at radius 1 is 0.953 bits per heavy atom. The van der Waals surface area contributed by atoms with Gasteiger partial charge in [-0.05, 0) is 76.1 Å². The van der Waals surface area contributed by atoms with Crippen LogP contribution in [0.4, 0.5) is 0 Å². The first-order chi connectivity index (χ1) is 21.0. The largest absolute Gasteiger partial charge is 0.490 e. The van der Waals surface area contributed by atoms with Crippen molar-refractivity contribution in [3.63, 3.8) is 0 Å². The molecule has 11 heteroatoms. The van der Waals surface area contributed by atoms with Crippen molar-refractivity contribution in [1.82, 2.24) is 9.80 Å². The van der Waals surface area contributed by atoms with Gasteiger partial charge in [0.2, 0.25) is 0 Å². The van der Waals surface area contributed by atoms with Gasteiger partial charge in [-0.25, -0.2) is 0 Å². The minimum atomic E-state index is -1.10. The number of aliphatic imine (C=N–C) groups is 2. The predicted octanol–water partition coefficient (Wildman–Crippen LogP) is 3.63. The highest BCUT2D eigenvalue weighted by Gasteiger charge is 2.38. The molecule has 4 aliphatic heterocycles. The number of guanidine groups is 1. The van der Waals surface area contributed by atoms with Gasteiger partial charge in [-0.3, -0.25) is 14.0 Å². The molecule has 0 radical (unpaired) electrons. The number of allylic oxidation sites excluding steroid dienone is 1. The molecule has 10 nitrogen and oxygen atoms in total. The summed E-state index contributed by atoms with van der Waals surface area (Å²) in [5, 5.41) is 0. The smallest absolute Gasteiger partial charge is 0.254 e. The molecule has 4 heterocycles. The molecule has 1 aromatic rings. The van der Waals surface area contributed by atoms with E-state index in [1.165, 1.54) is 0 Å². The number of carbonyl (C=O) groups excluding carboxylic acids is 1. The van der Waals surface area contributed by atoms with Gasteiger partial charge >= 0.3 is 0 Å². The van der Waals surface area contributed by atoms with Crippen LogP contribution in [0.3, 0.4) is 0 Å². The monoisotopic (exact) mass is 611 g/mol. The molecule has 43 heavy (non-hydrogen) atoms. The Morgan fingerprint density at radius 2 is 1.58 bits per heavy atom. The van der Waals surface area contributed by atoms with Crippen LogP contribution < -0.4 is 10.5 Å². The van der Waals surface area contributed by atoms with E-state index in [-0.39, 0.29) is 24.1 Å². The van der Waals surface area contributed by atoms with Crippen molar-refractivity contribution >= 4 is 28.5 Å². The SMILES string of the molecule is CC1=C(C(=NC2CCOCC2)N=C(N)N2CCC(Oc3ccc(C(=O)N(C4CCOCC4)C4CC4)cc3)CC2)S(=O)CC1. The van der Waals surface area contributed by atoms with Crippen molar-refractivity contribution in [3.8, 4) is 5.75 Å². The number of rotatable bonds is 7. The predicted molar refractivity (Wildman–Crippen MR) is 168 cm³/mol. The molecular formula is C32H45N5O5S. The van der Waals surface area contributed by atoms with Crippen LogP contribution in [0.5, 0.6) is 5.75 Å². The third-order valence-electron chi connectivity index (χ3n) is 9.13. The fourth-order valence-corrected chi connectivity index (χ4v) is 7.91. The quantitative estimate of drug-likeness (QED) is 0.370. The van der Waals surface area contributed by atoms with E-state index in [1.54, 1.807) is 0 Å². The second kappa shape index (κ2) is 13.9. The summed E-state index contributed by atoms with van der Waals surface area (Å²) in [7, 11) is -1.10. The van der Waals surface area contributed by atoms with E-state index in [2.05, 4.69) is 9.80 Å². The van der Waals surface area contributed by atoms with E-state index in [4.69, 9.17) is 29.9 Å². The maximum atomic E-state index is 13.4. The Bertz CT molecular complexity index is 1260. The summed E-state index contributed by atoms with van der Waals surface area (Å²) in [6.45, 7) is 6.27. The van der Waals surface area contributed by atoms with E-state index in [0.29, 0.717) is 49.9 Å². The van der Waals surface area contributed by atoms with E-state index in [9.17, 15) is 9.00 Å². The molecule has 4 fully saturated rings. The van der Waals surface area contributed by atoms with Crippen molar-refractivity contribution in [2.45, 2.75) is 88.9 Å². The normalized spacial score (nSPS) is 25.3. The highest BCUT2D eigenvalue weighted by molar-refractivity contribution is 7.90. The topological polar surface area (TPSA) is 119 Å². The van der Waals surface area contributed by atoms with Gasteiger partial charge in [0.1, 0.15) is 11.9 Å². The van der Waals surface area contributed by atoms with Crippen molar-refractivity contribution < 1.29 is 23.2 Å². The summed E-state index contributed by atoms with van der Waals surface area (Å²) in [4.78, 5) is 28.0. The second-order valence-corrected chi connectivity index (χ2v) is 13.8. The van der Waals surface area contributed by atoms with Gasteiger partial charge in [-0.15, -0.1) is 0 Å². The van der Waals surface area contributed by atoms with Crippen molar-refractivity contribution in [2.24, 2.45) is 15.7 Å². The average Bonchev–Trinajstić information content (AvgIpc) is 3.81. The van der Waals surface area contributed by atoms with E-state index < -0.39 is 10.8 Å². The lowest BCUT2D eigenvalue weighted by Crippen LogP contribution is -2.45. The number of hydrogen-bond acceptors (Lipinski definition) is 6. The fourth-order valence-electron chi connectivity index (χ4n) is 6.42. The van der Waals surface area contributed by atoms with E-state index >= 15 is 0 Å². The van der Waals surface area contributed by atoms with Gasteiger partial charge < -0.3 is 29.7 Å². The number of carbonyl (C=O) groups is 1. The summed E-state index contributed by atoms with van der Waals surface area (Å²) in [6.07, 6.45) is 8.16. The first-order valence-corrected chi connectivity index (χ1v) is 17.3. The molecule has 0 spiro atoms. The third kappa shape index (κ3) is 7.49. The lowest BCUT2D eigenvalue weighted by molar-refractivity contribution is 0.0267. The van der Waals surface area contributed by atoms with Gasteiger partial charge in [0.05, 0.1) is 21.7 Å². The molecule has 0 aromatic heterocycles. The molecule has 6 rings (SSSR count). The molecule has 1 unspecified atom stereocenters. The van der Waals surface area contributed by atoms with Crippen LogP contribution in [0.2, 0.25) is 0 Å². The first-order valence-electron chi connectivity index (χ1n) is 16.0. The summed E-state index contributed by atoms with van der Waals surface area (Å²) >= 11 is 0. The van der Waals surface area contributed by atoms with Crippen molar-refractivity contribution in [1.29, 1.82) is 0 Å². The summed E-state index contributed by atoms with van der Waals surface area (Å²) < 4.78 is 30.2. The van der Waals surface area contributed by atoms with Crippen LogP contribution in [0.25, 0.3) is 0 Å². The van der Waals surface area contributed by atoms with Crippen LogP contribution in [0.15, 0.2) is 44.7 Å². The fraction of sp³-hybridized carbons (Fsp3) is 0.656. The van der Waals surface area contributed by atoms with Gasteiger partial charge in [0, 0.05) is 75.8 Å². The lowest BCUT2D eigenvalue weighted by Gasteiger charge is -2.34. The molecule has 2 N–H and O–H groups in total. The molecule has 1 aliphatic carbocycles. The summed E-state index contributed by atoms with van der Waals surface area (Å²) in [5.74, 6) is 2.47. The number of amidine groups is 1. The number of piperidine rings is 1. The van der Waals surface area contributed by atoms with Gasteiger partial charge in [-0.2, -0.15) is 4.99 Å². The molecule has 0 bridgehead atoms. The van der Waals surface area contributed by atoms with Gasteiger partial charge in [0.25, 0.3) is 5.91 Å². The van der Waals surface area contributed by atoms with Crippen LogP contribution in [-0.2, 0) is 20.3 Å². The average molecular weight is 612 g/mol. The molecule has 234 valence electrons. The molecule has 5 aliphatic rings. The number of amides is 1. The van der Waals surface area contributed by atoms with Crippen molar-refractivity contribution in [2.75, 3.05) is 45.3 Å². The van der Waals surface area contributed by atoms with Crippen LogP contribution >= 0.6 is 0 Å². The van der Waals surface area contributed by atoms with Crippen LogP contribution in [-0.4, -0.2) is 101 Å². The Kier molecular flexibility index (Phi) is 9.79. The molecule has 1 amide bonds. The Hall–Kier alpha value is -2.76. The van der Waals surface area contributed by atoms with Crippen LogP contribution in [0, 0.1) is 0 Å². The molecule has 3 saturated heterocycles. The summed E-state index contributed by atoms with van der Waals surface area (Å²) in [6, 6.07) is 8.39.